The lowest BCUT2D eigenvalue weighted by atomic mass is 9.94. The second-order valence-electron chi connectivity index (χ2n) is 6.80. The van der Waals surface area contributed by atoms with Crippen LogP contribution >= 0.6 is 0 Å². The molecule has 1 amide bonds. The molecule has 0 aromatic carbocycles. The number of aliphatic carboxylic acids is 1. The van der Waals surface area contributed by atoms with E-state index < -0.39 is 29.8 Å². The van der Waals surface area contributed by atoms with Crippen LogP contribution in [0.1, 0.15) is 85.0 Å². The van der Waals surface area contributed by atoms with E-state index in [4.69, 9.17) is 9.84 Å². The maximum Gasteiger partial charge on any atom is 0.336 e. The molecular formula is C20H35NO5. The smallest absolute Gasteiger partial charge is 0.336 e. The standard InChI is InChI=1S/C20H35NO5/c1-5-8-10-12-14-17(13-11-9-6-2)26-19(25)20(7-3,15-18(23)24)21-16(4)22/h7,17H,3,5-6,8-15H2,1-2,4H3,(H,21,22)(H,23,24). The van der Waals surface area contributed by atoms with Gasteiger partial charge in [0.15, 0.2) is 5.54 Å². The van der Waals surface area contributed by atoms with E-state index in [1.807, 2.05) is 0 Å². The number of hydrogen-bond acceptors (Lipinski definition) is 4. The Kier molecular flexibility index (Phi) is 12.4. The Hall–Kier alpha value is -1.85. The van der Waals surface area contributed by atoms with E-state index in [2.05, 4.69) is 25.7 Å². The highest BCUT2D eigenvalue weighted by Gasteiger charge is 2.41. The van der Waals surface area contributed by atoms with Crippen LogP contribution in [0, 0.1) is 0 Å². The molecule has 0 aliphatic rings. The number of hydrogen-bond donors (Lipinski definition) is 2. The van der Waals surface area contributed by atoms with Gasteiger partial charge in [0.1, 0.15) is 6.10 Å². The van der Waals surface area contributed by atoms with Gasteiger partial charge in [0.25, 0.3) is 0 Å². The van der Waals surface area contributed by atoms with Gasteiger partial charge in [-0.05, 0) is 25.7 Å². The molecule has 0 radical (unpaired) electrons. The molecule has 0 rings (SSSR count). The average molecular weight is 370 g/mol. The predicted octanol–water partition coefficient (Wildman–Crippen LogP) is 3.98. The van der Waals surface area contributed by atoms with Crippen LogP contribution in [0.3, 0.4) is 0 Å². The van der Waals surface area contributed by atoms with E-state index in [0.717, 1.165) is 63.9 Å². The minimum absolute atomic E-state index is 0.271. The molecular weight excluding hydrogens is 334 g/mol. The minimum Gasteiger partial charge on any atom is -0.481 e. The van der Waals surface area contributed by atoms with Crippen molar-refractivity contribution in [2.24, 2.45) is 0 Å². The van der Waals surface area contributed by atoms with Gasteiger partial charge >= 0.3 is 11.9 Å². The lowest BCUT2D eigenvalue weighted by molar-refractivity contribution is -0.160. The fraction of sp³-hybridized carbons (Fsp3) is 0.750. The Morgan fingerprint density at radius 2 is 1.62 bits per heavy atom. The first kappa shape index (κ1) is 24.1. The molecule has 0 heterocycles. The third kappa shape index (κ3) is 9.59. The summed E-state index contributed by atoms with van der Waals surface area (Å²) in [5.74, 6) is -2.46. The number of esters is 1. The lowest BCUT2D eigenvalue weighted by Crippen LogP contribution is -2.55. The summed E-state index contributed by atoms with van der Waals surface area (Å²) in [6.07, 6.45) is 9.14. The van der Waals surface area contributed by atoms with Gasteiger partial charge in [-0.1, -0.05) is 52.0 Å². The van der Waals surface area contributed by atoms with E-state index in [0.29, 0.717) is 0 Å². The highest BCUT2D eigenvalue weighted by Crippen LogP contribution is 2.21. The van der Waals surface area contributed by atoms with Gasteiger partial charge < -0.3 is 15.2 Å². The van der Waals surface area contributed by atoms with Crippen LogP contribution in [0.5, 0.6) is 0 Å². The first-order valence-electron chi connectivity index (χ1n) is 9.66. The average Bonchev–Trinajstić information content (AvgIpc) is 2.56. The number of carboxylic acid groups (broad SMARTS) is 1. The molecule has 2 unspecified atom stereocenters. The van der Waals surface area contributed by atoms with Crippen molar-refractivity contribution in [2.45, 2.75) is 96.6 Å². The summed E-state index contributed by atoms with van der Waals surface area (Å²) >= 11 is 0. The van der Waals surface area contributed by atoms with Gasteiger partial charge in [0, 0.05) is 6.92 Å². The van der Waals surface area contributed by atoms with Crippen LogP contribution in [-0.4, -0.2) is 34.6 Å². The second-order valence-corrected chi connectivity index (χ2v) is 6.80. The summed E-state index contributed by atoms with van der Waals surface area (Å²) in [6.45, 7) is 9.02. The van der Waals surface area contributed by atoms with Crippen LogP contribution in [0.25, 0.3) is 0 Å². The monoisotopic (exact) mass is 369 g/mol. The summed E-state index contributed by atoms with van der Waals surface area (Å²) in [7, 11) is 0. The molecule has 6 nitrogen and oxygen atoms in total. The van der Waals surface area contributed by atoms with Crippen molar-refractivity contribution in [3.05, 3.63) is 12.7 Å². The molecule has 0 bridgehead atoms. The highest BCUT2D eigenvalue weighted by atomic mass is 16.5. The topological polar surface area (TPSA) is 92.7 Å². The van der Waals surface area contributed by atoms with E-state index in [9.17, 15) is 14.4 Å². The van der Waals surface area contributed by atoms with Gasteiger partial charge in [-0.3, -0.25) is 9.59 Å². The highest BCUT2D eigenvalue weighted by molar-refractivity contribution is 5.93. The van der Waals surface area contributed by atoms with Gasteiger partial charge in [-0.15, -0.1) is 6.58 Å². The first-order valence-corrected chi connectivity index (χ1v) is 9.66. The third-order valence-electron chi connectivity index (χ3n) is 4.32. The molecule has 2 N–H and O–H groups in total. The number of rotatable bonds is 15. The van der Waals surface area contributed by atoms with E-state index in [-0.39, 0.29) is 6.10 Å². The summed E-state index contributed by atoms with van der Waals surface area (Å²) in [5, 5.41) is 11.6. The fourth-order valence-corrected chi connectivity index (χ4v) is 2.87. The SMILES string of the molecule is C=CC(CC(=O)O)(NC(C)=O)C(=O)OC(CCCCC)CCCCCC. The Labute approximate surface area is 157 Å². The van der Waals surface area contributed by atoms with Crippen molar-refractivity contribution >= 4 is 17.8 Å². The Bertz CT molecular complexity index is 445. The molecule has 0 aliphatic carbocycles. The maximum atomic E-state index is 12.7. The second kappa shape index (κ2) is 13.4. The Morgan fingerprint density at radius 1 is 1.08 bits per heavy atom. The molecule has 0 fully saturated rings. The zero-order valence-corrected chi connectivity index (χ0v) is 16.5. The van der Waals surface area contributed by atoms with Crippen LogP contribution < -0.4 is 5.32 Å². The molecule has 6 heteroatoms. The number of nitrogens with one attached hydrogen (secondary N) is 1. The van der Waals surface area contributed by atoms with Crippen LogP contribution in [-0.2, 0) is 19.1 Å². The van der Waals surface area contributed by atoms with E-state index in [1.165, 1.54) is 6.92 Å². The van der Waals surface area contributed by atoms with Crippen molar-refractivity contribution in [2.75, 3.05) is 0 Å². The summed E-state index contributed by atoms with van der Waals surface area (Å²) in [4.78, 5) is 35.4. The molecule has 26 heavy (non-hydrogen) atoms. The molecule has 150 valence electrons. The lowest BCUT2D eigenvalue weighted by Gasteiger charge is -2.30. The van der Waals surface area contributed by atoms with E-state index >= 15 is 0 Å². The number of carbonyl (C=O) groups is 3. The van der Waals surface area contributed by atoms with Crippen molar-refractivity contribution in [1.29, 1.82) is 0 Å². The normalized spacial score (nSPS) is 14.1. The minimum atomic E-state index is -1.73. The molecule has 0 aliphatic heterocycles. The maximum absolute atomic E-state index is 12.7. The van der Waals surface area contributed by atoms with Gasteiger partial charge in [0.05, 0.1) is 6.42 Å². The van der Waals surface area contributed by atoms with Crippen LogP contribution in [0.4, 0.5) is 0 Å². The number of carboxylic acids is 1. The molecule has 0 aromatic heterocycles. The van der Waals surface area contributed by atoms with Crippen molar-refractivity contribution in [3.8, 4) is 0 Å². The quantitative estimate of drug-likeness (QED) is 0.259. The first-order chi connectivity index (χ1) is 12.3. The zero-order valence-electron chi connectivity index (χ0n) is 16.5. The fourth-order valence-electron chi connectivity index (χ4n) is 2.87. The molecule has 0 saturated carbocycles. The van der Waals surface area contributed by atoms with Crippen LogP contribution in [0.2, 0.25) is 0 Å². The largest absolute Gasteiger partial charge is 0.481 e. The van der Waals surface area contributed by atoms with E-state index in [1.54, 1.807) is 0 Å². The van der Waals surface area contributed by atoms with Gasteiger partial charge in [0.2, 0.25) is 5.91 Å². The van der Waals surface area contributed by atoms with Gasteiger partial charge in [-0.25, -0.2) is 4.79 Å². The van der Waals surface area contributed by atoms with Crippen molar-refractivity contribution in [3.63, 3.8) is 0 Å². The van der Waals surface area contributed by atoms with Crippen LogP contribution in [0.15, 0.2) is 12.7 Å². The summed E-state index contributed by atoms with van der Waals surface area (Å²) < 4.78 is 5.65. The number of ether oxygens (including phenoxy) is 1. The molecule has 0 aromatic rings. The predicted molar refractivity (Wildman–Crippen MR) is 102 cm³/mol. The molecule has 0 spiro atoms. The van der Waals surface area contributed by atoms with Gasteiger partial charge in [-0.2, -0.15) is 0 Å². The summed E-state index contributed by atoms with van der Waals surface area (Å²) in [5.41, 5.74) is -1.73. The van der Waals surface area contributed by atoms with Crippen molar-refractivity contribution in [1.82, 2.24) is 5.32 Å². The van der Waals surface area contributed by atoms with Crippen molar-refractivity contribution < 1.29 is 24.2 Å². The number of amides is 1. The number of carbonyl (C=O) groups excluding carboxylic acids is 2. The summed E-state index contributed by atoms with van der Waals surface area (Å²) in [6, 6.07) is 0. The molecule has 2 atom stereocenters. The molecule has 0 saturated heterocycles. The Balaban J connectivity index is 5.11. The zero-order chi connectivity index (χ0) is 20.0. The Morgan fingerprint density at radius 3 is 2.08 bits per heavy atom. The number of unbranched alkanes of at least 4 members (excludes halogenated alkanes) is 5. The third-order valence-corrected chi connectivity index (χ3v) is 4.32.